The molecule has 2 aliphatic rings. The van der Waals surface area contributed by atoms with Crippen LogP contribution >= 0.6 is 11.6 Å². The summed E-state index contributed by atoms with van der Waals surface area (Å²) in [5, 5.41) is 3.42. The number of allylic oxidation sites excluding steroid dienone is 2. The molecule has 0 spiro atoms. The molecule has 3 rings (SSSR count). The quantitative estimate of drug-likeness (QED) is 0.679. The lowest BCUT2D eigenvalue weighted by Gasteiger charge is -2.35. The third-order valence-corrected chi connectivity index (χ3v) is 6.34. The minimum Gasteiger partial charge on any atom is -0.379 e. The first-order valence-corrected chi connectivity index (χ1v) is 11.5. The number of Topliss-reactive ketones (excluding diaryl/α,β-unsaturated/α-hetero) is 1. The summed E-state index contributed by atoms with van der Waals surface area (Å²) >= 11 is 6.00. The number of hydrogen-bond acceptors (Lipinski definition) is 6. The van der Waals surface area contributed by atoms with Gasteiger partial charge in [0.15, 0.2) is 15.6 Å². The molecule has 1 saturated heterocycles. The second kappa shape index (κ2) is 9.21. The maximum Gasteiger partial charge on any atom is 0.255 e. The standard InChI is InChI=1S/C20H23ClN2O5S/c1-29(26,27)16-6-7-19(24)17(12-16)20(25)22-13-18(23-8-10-28-11-9-23)14-2-4-15(21)5-3-14/h2-6,12,18H,7-11,13H2,1H3,(H,22,25). The van der Waals surface area contributed by atoms with Gasteiger partial charge >= 0.3 is 0 Å². The van der Waals surface area contributed by atoms with Crippen molar-refractivity contribution in [3.63, 3.8) is 0 Å². The zero-order chi connectivity index (χ0) is 21.0. The molecule has 29 heavy (non-hydrogen) atoms. The fraction of sp³-hybridized carbons (Fsp3) is 0.400. The molecule has 156 valence electrons. The van der Waals surface area contributed by atoms with Crippen LogP contribution in [0.1, 0.15) is 18.0 Å². The molecule has 1 aromatic rings. The Labute approximate surface area is 175 Å². The highest BCUT2D eigenvalue weighted by atomic mass is 35.5. The molecule has 0 saturated carbocycles. The van der Waals surface area contributed by atoms with E-state index < -0.39 is 21.5 Å². The molecule has 9 heteroatoms. The maximum absolute atomic E-state index is 12.7. The van der Waals surface area contributed by atoms with Gasteiger partial charge in [-0.1, -0.05) is 29.8 Å². The normalized spacial score (nSPS) is 19.3. The van der Waals surface area contributed by atoms with Gasteiger partial charge in [0.05, 0.1) is 29.7 Å². The van der Waals surface area contributed by atoms with Crippen LogP contribution in [0.2, 0.25) is 5.02 Å². The van der Waals surface area contributed by atoms with Crippen LogP contribution in [-0.2, 0) is 24.2 Å². The van der Waals surface area contributed by atoms with Gasteiger partial charge in [-0.15, -0.1) is 0 Å². The summed E-state index contributed by atoms with van der Waals surface area (Å²) in [6.07, 6.45) is 3.43. The van der Waals surface area contributed by atoms with Gasteiger partial charge in [0.25, 0.3) is 5.91 Å². The van der Waals surface area contributed by atoms with E-state index in [0.29, 0.717) is 31.3 Å². The molecule has 1 amide bonds. The molecule has 0 aromatic heterocycles. The number of nitrogens with zero attached hydrogens (tertiary/aromatic N) is 1. The van der Waals surface area contributed by atoms with E-state index in [4.69, 9.17) is 16.3 Å². The summed E-state index contributed by atoms with van der Waals surface area (Å²) < 4.78 is 28.9. The Hall–Kier alpha value is -2.00. The Morgan fingerprint density at radius 2 is 1.90 bits per heavy atom. The maximum atomic E-state index is 12.7. The van der Waals surface area contributed by atoms with Crippen molar-refractivity contribution >= 4 is 33.1 Å². The highest BCUT2D eigenvalue weighted by molar-refractivity contribution is 7.94. The van der Waals surface area contributed by atoms with Gasteiger partial charge in [0, 0.05) is 37.3 Å². The number of nitrogens with one attached hydrogen (secondary N) is 1. The van der Waals surface area contributed by atoms with Crippen molar-refractivity contribution in [2.24, 2.45) is 0 Å². The van der Waals surface area contributed by atoms with Gasteiger partial charge in [-0.25, -0.2) is 8.42 Å². The third-order valence-electron chi connectivity index (χ3n) is 4.95. The van der Waals surface area contributed by atoms with Crippen LogP contribution in [0, 0.1) is 0 Å². The summed E-state index contributed by atoms with van der Waals surface area (Å²) in [6.45, 7) is 2.90. The summed E-state index contributed by atoms with van der Waals surface area (Å²) in [6, 6.07) is 7.28. The molecule has 1 aliphatic heterocycles. The van der Waals surface area contributed by atoms with E-state index >= 15 is 0 Å². The van der Waals surface area contributed by atoms with Crippen LogP contribution in [0.5, 0.6) is 0 Å². The average molecular weight is 439 g/mol. The molecule has 1 unspecified atom stereocenters. The van der Waals surface area contributed by atoms with Crippen molar-refractivity contribution in [3.05, 3.63) is 57.5 Å². The van der Waals surface area contributed by atoms with Crippen molar-refractivity contribution in [1.82, 2.24) is 10.2 Å². The third kappa shape index (κ3) is 5.54. The topological polar surface area (TPSA) is 92.8 Å². The minimum atomic E-state index is -3.49. The van der Waals surface area contributed by atoms with E-state index in [-0.39, 0.29) is 29.5 Å². The zero-order valence-electron chi connectivity index (χ0n) is 16.1. The van der Waals surface area contributed by atoms with Crippen LogP contribution < -0.4 is 5.32 Å². The molecule has 1 aliphatic carbocycles. The van der Waals surface area contributed by atoms with Crippen LogP contribution in [0.3, 0.4) is 0 Å². The van der Waals surface area contributed by atoms with E-state index in [1.54, 1.807) is 12.1 Å². The monoisotopic (exact) mass is 438 g/mol. The van der Waals surface area contributed by atoms with Crippen molar-refractivity contribution < 1.29 is 22.7 Å². The van der Waals surface area contributed by atoms with Crippen molar-refractivity contribution in [3.8, 4) is 0 Å². The fourth-order valence-electron chi connectivity index (χ4n) is 3.35. The average Bonchev–Trinajstić information content (AvgIpc) is 2.69. The Morgan fingerprint density at radius 1 is 1.24 bits per heavy atom. The number of carbonyl (C=O) groups is 2. The Morgan fingerprint density at radius 3 is 2.52 bits per heavy atom. The van der Waals surface area contributed by atoms with E-state index in [9.17, 15) is 18.0 Å². The highest BCUT2D eigenvalue weighted by Crippen LogP contribution is 2.24. The lowest BCUT2D eigenvalue weighted by Crippen LogP contribution is -2.44. The summed E-state index contributed by atoms with van der Waals surface area (Å²) in [5.74, 6) is -0.971. The minimum absolute atomic E-state index is 0.00956. The summed E-state index contributed by atoms with van der Waals surface area (Å²) in [4.78, 5) is 27.0. The van der Waals surface area contributed by atoms with Crippen LogP contribution in [-0.4, -0.2) is 64.1 Å². The van der Waals surface area contributed by atoms with Gasteiger partial charge in [-0.05, 0) is 23.8 Å². The second-order valence-electron chi connectivity index (χ2n) is 6.99. The lowest BCUT2D eigenvalue weighted by molar-refractivity contribution is -0.122. The van der Waals surface area contributed by atoms with Crippen molar-refractivity contribution in [1.29, 1.82) is 0 Å². The number of ketones is 1. The van der Waals surface area contributed by atoms with Crippen LogP contribution in [0.4, 0.5) is 0 Å². The zero-order valence-corrected chi connectivity index (χ0v) is 17.6. The SMILES string of the molecule is CS(=O)(=O)C1=CCC(=O)C(C(=O)NCC(c2ccc(Cl)cc2)N2CCOCC2)=C1. The molecule has 0 radical (unpaired) electrons. The highest BCUT2D eigenvalue weighted by Gasteiger charge is 2.27. The number of ether oxygens (including phenoxy) is 1. The van der Waals surface area contributed by atoms with Gasteiger partial charge in [-0.2, -0.15) is 0 Å². The number of rotatable bonds is 6. The number of amides is 1. The molecule has 0 bridgehead atoms. The first-order chi connectivity index (χ1) is 13.8. The van der Waals surface area contributed by atoms with Crippen LogP contribution in [0.15, 0.2) is 46.9 Å². The summed E-state index contributed by atoms with van der Waals surface area (Å²) in [5.41, 5.74) is 0.849. The molecule has 1 N–H and O–H groups in total. The molecule has 7 nitrogen and oxygen atoms in total. The predicted octanol–water partition coefficient (Wildman–Crippen LogP) is 1.66. The Balaban J connectivity index is 1.77. The fourth-order valence-corrected chi connectivity index (χ4v) is 4.20. The van der Waals surface area contributed by atoms with Crippen LogP contribution in [0.25, 0.3) is 0 Å². The molecule has 1 heterocycles. The summed E-state index contributed by atoms with van der Waals surface area (Å²) in [7, 11) is -3.49. The van der Waals surface area contributed by atoms with E-state index in [2.05, 4.69) is 10.2 Å². The number of halogens is 1. The molecular formula is C20H23ClN2O5S. The molecular weight excluding hydrogens is 416 g/mol. The molecule has 1 aromatic carbocycles. The number of hydrogen-bond donors (Lipinski definition) is 1. The number of sulfone groups is 1. The van der Waals surface area contributed by atoms with Gasteiger partial charge in [0.2, 0.25) is 0 Å². The Kier molecular flexibility index (Phi) is 6.89. The van der Waals surface area contributed by atoms with E-state index in [0.717, 1.165) is 17.9 Å². The van der Waals surface area contributed by atoms with E-state index in [1.165, 1.54) is 6.08 Å². The van der Waals surface area contributed by atoms with Crippen molar-refractivity contribution in [2.75, 3.05) is 39.1 Å². The van der Waals surface area contributed by atoms with Gasteiger partial charge in [-0.3, -0.25) is 14.5 Å². The van der Waals surface area contributed by atoms with E-state index in [1.807, 2.05) is 12.1 Å². The molecule has 1 atom stereocenters. The number of carbonyl (C=O) groups excluding carboxylic acids is 2. The number of morpholine rings is 1. The van der Waals surface area contributed by atoms with Gasteiger partial charge in [0.1, 0.15) is 0 Å². The smallest absolute Gasteiger partial charge is 0.255 e. The Bertz CT molecular complexity index is 948. The first-order valence-electron chi connectivity index (χ1n) is 9.26. The second-order valence-corrected chi connectivity index (χ2v) is 9.44. The molecule has 1 fully saturated rings. The number of benzene rings is 1. The first kappa shape index (κ1) is 21.7. The largest absolute Gasteiger partial charge is 0.379 e. The predicted molar refractivity (Wildman–Crippen MR) is 110 cm³/mol. The van der Waals surface area contributed by atoms with Crippen molar-refractivity contribution in [2.45, 2.75) is 12.5 Å². The lowest BCUT2D eigenvalue weighted by atomic mass is 10.0. The van der Waals surface area contributed by atoms with Gasteiger partial charge < -0.3 is 10.1 Å².